The molecule has 3 heteroatoms. The van der Waals surface area contributed by atoms with Crippen molar-refractivity contribution in [2.75, 3.05) is 0 Å². The van der Waals surface area contributed by atoms with Crippen LogP contribution in [0.15, 0.2) is 35.9 Å². The topological polar surface area (TPSA) is 38.3 Å². The smallest absolute Gasteiger partial charge is 0.407 e. The predicted molar refractivity (Wildman–Crippen MR) is 88.2 cm³/mol. The number of amides is 1. The lowest BCUT2D eigenvalue weighted by molar-refractivity contribution is 0.0508. The van der Waals surface area contributed by atoms with E-state index >= 15 is 0 Å². The lowest BCUT2D eigenvalue weighted by Crippen LogP contribution is -2.37. The summed E-state index contributed by atoms with van der Waals surface area (Å²) in [5.41, 5.74) is 3.28. The van der Waals surface area contributed by atoms with Crippen molar-refractivity contribution in [1.82, 2.24) is 5.32 Å². The molecule has 1 amide bonds. The van der Waals surface area contributed by atoms with Gasteiger partial charge in [-0.2, -0.15) is 0 Å². The van der Waals surface area contributed by atoms with Gasteiger partial charge >= 0.3 is 6.09 Å². The zero-order valence-corrected chi connectivity index (χ0v) is 14.0. The zero-order valence-electron chi connectivity index (χ0n) is 14.0. The second kappa shape index (κ2) is 7.30. The van der Waals surface area contributed by atoms with Gasteiger partial charge < -0.3 is 10.1 Å². The minimum absolute atomic E-state index is 0.0403. The molecule has 0 aromatic heterocycles. The van der Waals surface area contributed by atoms with Crippen LogP contribution in [0.25, 0.3) is 5.57 Å². The quantitative estimate of drug-likeness (QED) is 0.866. The molecular formula is C18H27NO2. The molecule has 0 radical (unpaired) electrons. The summed E-state index contributed by atoms with van der Waals surface area (Å²) in [4.78, 5) is 11.7. The average Bonchev–Trinajstić information content (AvgIpc) is 2.36. The Hall–Kier alpha value is -1.77. The Balaban J connectivity index is 2.62. The maximum Gasteiger partial charge on any atom is 0.407 e. The zero-order chi connectivity index (χ0) is 16.0. The lowest BCUT2D eigenvalue weighted by atomic mass is 9.98. The summed E-state index contributed by atoms with van der Waals surface area (Å²) in [5, 5.41) is 2.88. The van der Waals surface area contributed by atoms with E-state index in [0.29, 0.717) is 0 Å². The Morgan fingerprint density at radius 2 is 1.76 bits per heavy atom. The number of rotatable bonds is 4. The highest BCUT2D eigenvalue weighted by Gasteiger charge is 2.18. The summed E-state index contributed by atoms with van der Waals surface area (Å²) in [6, 6.07) is 10.3. The molecule has 0 aliphatic rings. The van der Waals surface area contributed by atoms with Crippen molar-refractivity contribution < 1.29 is 9.53 Å². The van der Waals surface area contributed by atoms with Crippen LogP contribution in [-0.4, -0.2) is 17.7 Å². The van der Waals surface area contributed by atoms with Crippen molar-refractivity contribution in [3.05, 3.63) is 41.5 Å². The molecule has 0 spiro atoms. The number of carbonyl (C=O) groups excluding carboxylic acids is 1. The average molecular weight is 289 g/mol. The van der Waals surface area contributed by atoms with Gasteiger partial charge in [-0.15, -0.1) is 0 Å². The fourth-order valence-corrected chi connectivity index (χ4v) is 2.11. The van der Waals surface area contributed by atoms with Crippen LogP contribution in [0.2, 0.25) is 0 Å². The number of hydrogen-bond donors (Lipinski definition) is 1. The van der Waals surface area contributed by atoms with E-state index < -0.39 is 5.60 Å². The minimum atomic E-state index is -0.464. The van der Waals surface area contributed by atoms with Crippen LogP contribution >= 0.6 is 0 Å². The summed E-state index contributed by atoms with van der Waals surface area (Å²) in [6.07, 6.45) is 0.445. The molecule has 1 aromatic rings. The van der Waals surface area contributed by atoms with Crippen molar-refractivity contribution in [3.63, 3.8) is 0 Å². The van der Waals surface area contributed by atoms with Crippen LogP contribution in [0.1, 0.15) is 53.5 Å². The van der Waals surface area contributed by atoms with E-state index in [-0.39, 0.29) is 12.1 Å². The van der Waals surface area contributed by atoms with Gasteiger partial charge in [0.2, 0.25) is 0 Å². The van der Waals surface area contributed by atoms with E-state index in [1.54, 1.807) is 0 Å². The van der Waals surface area contributed by atoms with E-state index in [2.05, 4.69) is 31.3 Å². The SMILES string of the molecule is C/C(C[C@@H](C)NC(=O)OC(C)(C)C)=C(\C)c1ccccc1. The number of alkyl carbamates (subject to hydrolysis) is 1. The first kappa shape index (κ1) is 17.3. The van der Waals surface area contributed by atoms with Crippen molar-refractivity contribution >= 4 is 11.7 Å². The first-order valence-corrected chi connectivity index (χ1v) is 7.40. The first-order chi connectivity index (χ1) is 9.69. The van der Waals surface area contributed by atoms with Crippen LogP contribution < -0.4 is 5.32 Å². The van der Waals surface area contributed by atoms with Gasteiger partial charge in [0.05, 0.1) is 0 Å². The highest BCUT2D eigenvalue weighted by molar-refractivity contribution is 5.69. The van der Waals surface area contributed by atoms with E-state index in [1.165, 1.54) is 16.7 Å². The second-order valence-electron chi connectivity index (χ2n) is 6.52. The molecule has 0 saturated heterocycles. The van der Waals surface area contributed by atoms with Crippen LogP contribution in [0, 0.1) is 0 Å². The second-order valence-corrected chi connectivity index (χ2v) is 6.52. The van der Waals surface area contributed by atoms with Crippen molar-refractivity contribution in [2.45, 2.75) is 59.6 Å². The van der Waals surface area contributed by atoms with Crippen molar-refractivity contribution in [1.29, 1.82) is 0 Å². The Morgan fingerprint density at radius 1 is 1.19 bits per heavy atom. The first-order valence-electron chi connectivity index (χ1n) is 7.40. The van der Waals surface area contributed by atoms with Gasteiger partial charge in [0.25, 0.3) is 0 Å². The van der Waals surface area contributed by atoms with E-state index in [9.17, 15) is 4.79 Å². The third kappa shape index (κ3) is 6.48. The molecule has 0 heterocycles. The van der Waals surface area contributed by atoms with E-state index in [0.717, 1.165) is 6.42 Å². The lowest BCUT2D eigenvalue weighted by Gasteiger charge is -2.22. The molecule has 0 bridgehead atoms. The fraction of sp³-hybridized carbons (Fsp3) is 0.500. The summed E-state index contributed by atoms with van der Waals surface area (Å²) in [5.74, 6) is 0. The standard InChI is InChI=1S/C18H27NO2/c1-13(15(3)16-10-8-7-9-11-16)12-14(2)19-17(20)21-18(4,5)6/h7-11,14H,12H2,1-6H3,(H,19,20)/b15-13-/t14-/m1/s1. The fourth-order valence-electron chi connectivity index (χ4n) is 2.11. The van der Waals surface area contributed by atoms with Crippen LogP contribution in [0.4, 0.5) is 4.79 Å². The van der Waals surface area contributed by atoms with Gasteiger partial charge in [-0.05, 0) is 59.1 Å². The molecule has 0 saturated carbocycles. The normalized spacial score (nSPS) is 14.2. The number of carbonyl (C=O) groups is 1. The molecule has 1 rings (SSSR count). The molecule has 116 valence electrons. The molecule has 1 N–H and O–H groups in total. The molecule has 1 atom stereocenters. The number of ether oxygens (including phenoxy) is 1. The van der Waals surface area contributed by atoms with Gasteiger partial charge in [0.15, 0.2) is 0 Å². The molecule has 0 aliphatic heterocycles. The van der Waals surface area contributed by atoms with E-state index in [1.807, 2.05) is 45.9 Å². The summed E-state index contributed by atoms with van der Waals surface area (Å²) in [7, 11) is 0. The predicted octanol–water partition coefficient (Wildman–Crippen LogP) is 4.78. The minimum Gasteiger partial charge on any atom is -0.444 e. The van der Waals surface area contributed by atoms with Crippen LogP contribution in [0.3, 0.4) is 0 Å². The van der Waals surface area contributed by atoms with E-state index in [4.69, 9.17) is 4.74 Å². The third-order valence-electron chi connectivity index (χ3n) is 3.22. The van der Waals surface area contributed by atoms with Gasteiger partial charge in [0.1, 0.15) is 5.60 Å². The summed E-state index contributed by atoms with van der Waals surface area (Å²) < 4.78 is 5.27. The number of hydrogen-bond acceptors (Lipinski definition) is 2. The van der Waals surface area contributed by atoms with Gasteiger partial charge in [-0.3, -0.25) is 0 Å². The van der Waals surface area contributed by atoms with Gasteiger partial charge in [-0.25, -0.2) is 4.79 Å². The largest absolute Gasteiger partial charge is 0.444 e. The Bertz CT molecular complexity index is 498. The number of nitrogens with one attached hydrogen (secondary N) is 1. The summed E-state index contributed by atoms with van der Waals surface area (Å²) in [6.45, 7) is 11.8. The summed E-state index contributed by atoms with van der Waals surface area (Å²) >= 11 is 0. The molecule has 3 nitrogen and oxygen atoms in total. The molecular weight excluding hydrogens is 262 g/mol. The molecule has 0 unspecified atom stereocenters. The molecule has 1 aromatic carbocycles. The monoisotopic (exact) mass is 289 g/mol. The molecule has 0 fully saturated rings. The Kier molecular flexibility index (Phi) is 6.01. The molecule has 0 aliphatic carbocycles. The van der Waals surface area contributed by atoms with Crippen molar-refractivity contribution in [2.24, 2.45) is 0 Å². The maximum atomic E-state index is 11.7. The van der Waals surface area contributed by atoms with Gasteiger partial charge in [-0.1, -0.05) is 35.9 Å². The third-order valence-corrected chi connectivity index (χ3v) is 3.22. The Morgan fingerprint density at radius 3 is 2.29 bits per heavy atom. The number of allylic oxidation sites excluding steroid dienone is 1. The highest BCUT2D eigenvalue weighted by Crippen LogP contribution is 2.21. The van der Waals surface area contributed by atoms with Gasteiger partial charge in [0, 0.05) is 6.04 Å². The van der Waals surface area contributed by atoms with Crippen molar-refractivity contribution in [3.8, 4) is 0 Å². The maximum absolute atomic E-state index is 11.7. The molecule has 21 heavy (non-hydrogen) atoms. The highest BCUT2D eigenvalue weighted by atomic mass is 16.6. The van der Waals surface area contributed by atoms with Crippen LogP contribution in [0.5, 0.6) is 0 Å². The number of benzene rings is 1. The Labute approximate surface area is 128 Å². The van der Waals surface area contributed by atoms with Crippen LogP contribution in [-0.2, 0) is 4.74 Å².